The third kappa shape index (κ3) is 4.30. The summed E-state index contributed by atoms with van der Waals surface area (Å²) < 4.78 is 0. The Kier molecular flexibility index (Phi) is 5.12. The Morgan fingerprint density at radius 3 is 2.87 bits per heavy atom. The van der Waals surface area contributed by atoms with E-state index in [1.165, 1.54) is 12.8 Å². The van der Waals surface area contributed by atoms with Crippen molar-refractivity contribution in [2.24, 2.45) is 0 Å². The molecule has 0 radical (unpaired) electrons. The molecular formula is C12H21N3. The van der Waals surface area contributed by atoms with Crippen LogP contribution in [0.25, 0.3) is 0 Å². The lowest BCUT2D eigenvalue weighted by Crippen LogP contribution is -2.19. The molecule has 3 nitrogen and oxygen atoms in total. The van der Waals surface area contributed by atoms with Gasteiger partial charge in [-0.2, -0.15) is 0 Å². The van der Waals surface area contributed by atoms with Crippen molar-refractivity contribution in [1.29, 1.82) is 0 Å². The molecule has 1 N–H and O–H groups in total. The molecule has 0 aliphatic heterocycles. The van der Waals surface area contributed by atoms with E-state index in [9.17, 15) is 0 Å². The quantitative estimate of drug-likeness (QED) is 0.776. The summed E-state index contributed by atoms with van der Waals surface area (Å²) in [5.74, 6) is 0.941. The van der Waals surface area contributed by atoms with Crippen LogP contribution in [0.1, 0.15) is 25.5 Å². The molecule has 0 atom stereocenters. The number of hydrogen-bond acceptors (Lipinski definition) is 3. The highest BCUT2D eigenvalue weighted by Gasteiger charge is 2.01. The topological polar surface area (TPSA) is 28.2 Å². The van der Waals surface area contributed by atoms with Crippen LogP contribution in [0.2, 0.25) is 0 Å². The lowest BCUT2D eigenvalue weighted by atomic mass is 10.3. The van der Waals surface area contributed by atoms with E-state index in [0.29, 0.717) is 0 Å². The summed E-state index contributed by atoms with van der Waals surface area (Å²) in [6.07, 6.45) is 2.50. The molecule has 15 heavy (non-hydrogen) atoms. The molecule has 1 aromatic heterocycles. The van der Waals surface area contributed by atoms with Gasteiger partial charge >= 0.3 is 0 Å². The third-order valence-corrected chi connectivity index (χ3v) is 2.39. The minimum absolute atomic E-state index is 0.926. The van der Waals surface area contributed by atoms with Crippen LogP contribution in [0.4, 0.5) is 5.82 Å². The molecule has 1 heterocycles. The second kappa shape index (κ2) is 6.40. The summed E-state index contributed by atoms with van der Waals surface area (Å²) in [6, 6.07) is 6.10. The summed E-state index contributed by atoms with van der Waals surface area (Å²) in [5, 5.41) is 3.05. The zero-order valence-corrected chi connectivity index (χ0v) is 9.95. The molecule has 1 aromatic rings. The Bertz CT molecular complexity index is 286. The van der Waals surface area contributed by atoms with E-state index < -0.39 is 0 Å². The van der Waals surface area contributed by atoms with E-state index in [2.05, 4.69) is 35.2 Å². The number of anilines is 1. The van der Waals surface area contributed by atoms with Crippen molar-refractivity contribution in [2.75, 3.05) is 26.0 Å². The highest BCUT2D eigenvalue weighted by atomic mass is 15.1. The highest BCUT2D eigenvalue weighted by Crippen LogP contribution is 2.06. The van der Waals surface area contributed by atoms with Crippen molar-refractivity contribution in [3.05, 3.63) is 23.9 Å². The number of rotatable bonds is 6. The largest absolute Gasteiger partial charge is 0.373 e. The normalized spacial score (nSPS) is 10.7. The van der Waals surface area contributed by atoms with Crippen LogP contribution in [-0.2, 0) is 6.54 Å². The van der Waals surface area contributed by atoms with Gasteiger partial charge in [-0.1, -0.05) is 19.4 Å². The van der Waals surface area contributed by atoms with Gasteiger partial charge in [-0.3, -0.25) is 0 Å². The summed E-state index contributed by atoms with van der Waals surface area (Å²) in [7, 11) is 4.04. The minimum atomic E-state index is 0.926. The van der Waals surface area contributed by atoms with Gasteiger partial charge in [-0.25, -0.2) is 4.98 Å². The molecule has 0 bridgehead atoms. The fourth-order valence-electron chi connectivity index (χ4n) is 1.49. The number of nitrogens with one attached hydrogen (secondary N) is 1. The van der Waals surface area contributed by atoms with Crippen LogP contribution in [0.5, 0.6) is 0 Å². The van der Waals surface area contributed by atoms with E-state index >= 15 is 0 Å². The van der Waals surface area contributed by atoms with Gasteiger partial charge in [0.1, 0.15) is 5.82 Å². The van der Waals surface area contributed by atoms with Gasteiger partial charge in [0.15, 0.2) is 0 Å². The average molecular weight is 207 g/mol. The van der Waals surface area contributed by atoms with Crippen molar-refractivity contribution in [2.45, 2.75) is 26.3 Å². The molecule has 0 saturated heterocycles. The first-order valence-electron chi connectivity index (χ1n) is 5.58. The predicted octanol–water partition coefficient (Wildman–Crippen LogP) is 2.36. The number of hydrogen-bond donors (Lipinski definition) is 1. The van der Waals surface area contributed by atoms with E-state index in [1.54, 1.807) is 0 Å². The summed E-state index contributed by atoms with van der Waals surface area (Å²) in [6.45, 7) is 4.28. The van der Waals surface area contributed by atoms with Crippen molar-refractivity contribution in [1.82, 2.24) is 9.88 Å². The molecule has 84 valence electrons. The van der Waals surface area contributed by atoms with Gasteiger partial charge in [0.05, 0.1) is 5.69 Å². The average Bonchev–Trinajstić information content (AvgIpc) is 2.26. The second-order valence-electron chi connectivity index (χ2n) is 3.86. The lowest BCUT2D eigenvalue weighted by molar-refractivity contribution is 0.317. The van der Waals surface area contributed by atoms with Crippen LogP contribution in [-0.4, -0.2) is 30.5 Å². The smallest absolute Gasteiger partial charge is 0.126 e. The summed E-state index contributed by atoms with van der Waals surface area (Å²) >= 11 is 0. The first kappa shape index (κ1) is 12.0. The van der Waals surface area contributed by atoms with E-state index in [-0.39, 0.29) is 0 Å². The van der Waals surface area contributed by atoms with Crippen molar-refractivity contribution in [3.63, 3.8) is 0 Å². The van der Waals surface area contributed by atoms with Crippen LogP contribution in [0.3, 0.4) is 0 Å². The van der Waals surface area contributed by atoms with Crippen molar-refractivity contribution >= 4 is 5.82 Å². The van der Waals surface area contributed by atoms with Crippen LogP contribution in [0.15, 0.2) is 18.2 Å². The molecule has 3 heteroatoms. The van der Waals surface area contributed by atoms with Crippen LogP contribution in [0, 0.1) is 0 Å². The fraction of sp³-hybridized carbons (Fsp3) is 0.583. The second-order valence-corrected chi connectivity index (χ2v) is 3.86. The maximum Gasteiger partial charge on any atom is 0.126 e. The van der Waals surface area contributed by atoms with Gasteiger partial charge in [-0.05, 0) is 32.1 Å². The molecular weight excluding hydrogens is 186 g/mol. The molecule has 1 rings (SSSR count). The molecule has 0 fully saturated rings. The van der Waals surface area contributed by atoms with Crippen molar-refractivity contribution < 1.29 is 0 Å². The maximum atomic E-state index is 4.49. The lowest BCUT2D eigenvalue weighted by Gasteiger charge is -2.15. The zero-order valence-electron chi connectivity index (χ0n) is 9.95. The standard InChI is InChI=1S/C12H21N3/c1-4-5-9-15(3)10-11-7-6-8-12(13-2)14-11/h6-8H,4-5,9-10H2,1-3H3,(H,13,14). The van der Waals surface area contributed by atoms with Gasteiger partial charge in [0.2, 0.25) is 0 Å². The fourth-order valence-corrected chi connectivity index (χ4v) is 1.49. The first-order chi connectivity index (χ1) is 7.26. The Labute approximate surface area is 92.5 Å². The number of pyridine rings is 1. The summed E-state index contributed by atoms with van der Waals surface area (Å²) in [4.78, 5) is 6.80. The zero-order chi connectivity index (χ0) is 11.1. The monoisotopic (exact) mass is 207 g/mol. The van der Waals surface area contributed by atoms with Gasteiger partial charge in [0.25, 0.3) is 0 Å². The van der Waals surface area contributed by atoms with E-state index in [0.717, 1.165) is 24.6 Å². The Morgan fingerprint density at radius 2 is 2.20 bits per heavy atom. The van der Waals surface area contributed by atoms with Gasteiger partial charge in [-0.15, -0.1) is 0 Å². The molecule has 0 aromatic carbocycles. The molecule has 0 aliphatic carbocycles. The third-order valence-electron chi connectivity index (χ3n) is 2.39. The van der Waals surface area contributed by atoms with Gasteiger partial charge < -0.3 is 10.2 Å². The molecule has 0 spiro atoms. The van der Waals surface area contributed by atoms with E-state index in [1.807, 2.05) is 19.2 Å². The number of nitrogens with zero attached hydrogens (tertiary/aromatic N) is 2. The molecule has 0 unspecified atom stereocenters. The number of unbranched alkanes of at least 4 members (excludes halogenated alkanes) is 1. The first-order valence-corrected chi connectivity index (χ1v) is 5.58. The van der Waals surface area contributed by atoms with Crippen LogP contribution >= 0.6 is 0 Å². The van der Waals surface area contributed by atoms with Gasteiger partial charge in [0, 0.05) is 13.6 Å². The van der Waals surface area contributed by atoms with Crippen molar-refractivity contribution in [3.8, 4) is 0 Å². The summed E-state index contributed by atoms with van der Waals surface area (Å²) in [5.41, 5.74) is 1.13. The predicted molar refractivity (Wildman–Crippen MR) is 65.0 cm³/mol. The van der Waals surface area contributed by atoms with E-state index in [4.69, 9.17) is 0 Å². The Morgan fingerprint density at radius 1 is 1.40 bits per heavy atom. The molecule has 0 aliphatic rings. The minimum Gasteiger partial charge on any atom is -0.373 e. The Hall–Kier alpha value is -1.09. The maximum absolute atomic E-state index is 4.49. The molecule has 0 amide bonds. The highest BCUT2D eigenvalue weighted by molar-refractivity contribution is 5.34. The van der Waals surface area contributed by atoms with Crippen LogP contribution < -0.4 is 5.32 Å². The number of aromatic nitrogens is 1. The SMILES string of the molecule is CCCCN(C)Cc1cccc(NC)n1. The Balaban J connectivity index is 2.48. The molecule has 0 saturated carbocycles.